The Labute approximate surface area is 172 Å². The van der Waals surface area contributed by atoms with Gasteiger partial charge in [0.25, 0.3) is 0 Å². The van der Waals surface area contributed by atoms with Crippen LogP contribution in [-0.4, -0.2) is 42.6 Å². The number of carbonyl (C=O) groups excluding carboxylic acids is 2. The zero-order chi connectivity index (χ0) is 21.0. The fraction of sp³-hybridized carbons (Fsp3) is 0.333. The van der Waals surface area contributed by atoms with Crippen molar-refractivity contribution in [2.24, 2.45) is 11.7 Å². The fourth-order valence-corrected chi connectivity index (χ4v) is 5.44. The molecule has 0 radical (unpaired) electrons. The first-order chi connectivity index (χ1) is 13.8. The lowest BCUT2D eigenvalue weighted by Gasteiger charge is -2.30. The van der Waals surface area contributed by atoms with Crippen LogP contribution in [0, 0.1) is 17.2 Å². The Balaban J connectivity index is 1.61. The predicted octanol–water partition coefficient (Wildman–Crippen LogP) is 1.08. The molecule has 9 nitrogen and oxygen atoms in total. The standard InChI is InChI=1S/C18H19N5O4S2/c19-10-13-3-1-2-4-15(13)29(26,27)23-7-5-12(6-8-23)17(25)22-18-21-14(11-28-18)9-16(20)24/h1-4,11-12H,5-9H2,(H2,20,24)(H,21,22,25). The molecule has 1 saturated heterocycles. The largest absolute Gasteiger partial charge is 0.369 e. The maximum Gasteiger partial charge on any atom is 0.244 e. The molecule has 29 heavy (non-hydrogen) atoms. The molecule has 2 aromatic rings. The van der Waals surface area contributed by atoms with Crippen LogP contribution in [0.1, 0.15) is 24.1 Å². The SMILES string of the molecule is N#Cc1ccccc1S(=O)(=O)N1CCC(C(=O)Nc2nc(CC(N)=O)cs2)CC1. The van der Waals surface area contributed by atoms with Crippen LogP contribution in [-0.2, 0) is 26.0 Å². The van der Waals surface area contributed by atoms with Crippen LogP contribution in [0.3, 0.4) is 0 Å². The maximum atomic E-state index is 12.9. The van der Waals surface area contributed by atoms with Crippen LogP contribution in [0.5, 0.6) is 0 Å². The molecule has 0 unspecified atom stereocenters. The van der Waals surface area contributed by atoms with E-state index in [4.69, 9.17) is 11.0 Å². The molecule has 1 aromatic carbocycles. The van der Waals surface area contributed by atoms with Gasteiger partial charge in [0.1, 0.15) is 6.07 Å². The number of hydrogen-bond donors (Lipinski definition) is 2. The minimum atomic E-state index is -3.80. The number of nitrogens with two attached hydrogens (primary N) is 1. The number of piperidine rings is 1. The number of nitrogens with one attached hydrogen (secondary N) is 1. The quantitative estimate of drug-likeness (QED) is 0.697. The predicted molar refractivity (Wildman–Crippen MR) is 106 cm³/mol. The van der Waals surface area contributed by atoms with E-state index in [1.165, 1.54) is 27.8 Å². The van der Waals surface area contributed by atoms with Gasteiger partial charge in [-0.25, -0.2) is 13.4 Å². The lowest BCUT2D eigenvalue weighted by Crippen LogP contribution is -2.41. The van der Waals surface area contributed by atoms with Crippen molar-refractivity contribution in [2.45, 2.75) is 24.2 Å². The second-order valence-corrected chi connectivity index (χ2v) is 9.33. The van der Waals surface area contributed by atoms with Crippen LogP contribution in [0.15, 0.2) is 34.5 Å². The summed E-state index contributed by atoms with van der Waals surface area (Å²) in [6.45, 7) is 0.371. The van der Waals surface area contributed by atoms with E-state index < -0.39 is 15.9 Å². The van der Waals surface area contributed by atoms with Gasteiger partial charge >= 0.3 is 0 Å². The fourth-order valence-electron chi connectivity index (χ4n) is 3.11. The molecule has 0 spiro atoms. The topological polar surface area (TPSA) is 146 Å². The highest BCUT2D eigenvalue weighted by Gasteiger charge is 2.33. The van der Waals surface area contributed by atoms with Gasteiger partial charge in [-0.05, 0) is 25.0 Å². The molecule has 0 aliphatic carbocycles. The second kappa shape index (κ2) is 8.69. The van der Waals surface area contributed by atoms with Crippen LogP contribution in [0.2, 0.25) is 0 Å². The maximum absolute atomic E-state index is 12.9. The highest BCUT2D eigenvalue weighted by Crippen LogP contribution is 2.27. The number of aromatic nitrogens is 1. The summed E-state index contributed by atoms with van der Waals surface area (Å²) in [6, 6.07) is 7.98. The Morgan fingerprint density at radius 1 is 1.31 bits per heavy atom. The summed E-state index contributed by atoms with van der Waals surface area (Å²) in [4.78, 5) is 27.5. The average Bonchev–Trinajstić information content (AvgIpc) is 3.13. The lowest BCUT2D eigenvalue weighted by molar-refractivity contribution is -0.121. The molecule has 0 atom stereocenters. The highest BCUT2D eigenvalue weighted by atomic mass is 32.2. The summed E-state index contributed by atoms with van der Waals surface area (Å²) in [5.74, 6) is -1.09. The summed E-state index contributed by atoms with van der Waals surface area (Å²) in [7, 11) is -3.80. The number of amides is 2. The Morgan fingerprint density at radius 2 is 2.00 bits per heavy atom. The van der Waals surface area contributed by atoms with Crippen molar-refractivity contribution in [3.05, 3.63) is 40.9 Å². The van der Waals surface area contributed by atoms with Crippen LogP contribution in [0.25, 0.3) is 0 Å². The molecule has 3 N–H and O–H groups in total. The van der Waals surface area contributed by atoms with Crippen molar-refractivity contribution in [3.8, 4) is 6.07 Å². The molecule has 2 heterocycles. The van der Waals surface area contributed by atoms with E-state index in [1.807, 2.05) is 6.07 Å². The molecule has 1 fully saturated rings. The first-order valence-corrected chi connectivity index (χ1v) is 11.2. The third-order valence-electron chi connectivity index (χ3n) is 4.59. The third kappa shape index (κ3) is 4.79. The number of nitriles is 1. The molecular weight excluding hydrogens is 414 g/mol. The molecule has 152 valence electrons. The van der Waals surface area contributed by atoms with Crippen LogP contribution < -0.4 is 11.1 Å². The van der Waals surface area contributed by atoms with Gasteiger partial charge in [0.05, 0.1) is 22.6 Å². The molecule has 0 bridgehead atoms. The molecule has 1 aliphatic heterocycles. The number of sulfonamides is 1. The summed E-state index contributed by atoms with van der Waals surface area (Å²) < 4.78 is 27.0. The molecule has 2 amide bonds. The van der Waals surface area contributed by atoms with E-state index in [2.05, 4.69) is 10.3 Å². The van der Waals surface area contributed by atoms with Gasteiger partial charge in [0.15, 0.2) is 5.13 Å². The van der Waals surface area contributed by atoms with Crippen molar-refractivity contribution >= 4 is 38.3 Å². The number of carbonyl (C=O) groups is 2. The van der Waals surface area contributed by atoms with Crippen molar-refractivity contribution in [1.29, 1.82) is 5.26 Å². The Morgan fingerprint density at radius 3 is 2.66 bits per heavy atom. The number of primary amides is 1. The zero-order valence-electron chi connectivity index (χ0n) is 15.4. The van der Waals surface area contributed by atoms with E-state index in [-0.39, 0.29) is 41.8 Å². The second-order valence-electron chi connectivity index (χ2n) is 6.56. The van der Waals surface area contributed by atoms with Gasteiger partial charge in [0.2, 0.25) is 21.8 Å². The van der Waals surface area contributed by atoms with Gasteiger partial charge in [-0.3, -0.25) is 9.59 Å². The normalized spacial score (nSPS) is 15.6. The van der Waals surface area contributed by atoms with E-state index in [0.29, 0.717) is 23.7 Å². The van der Waals surface area contributed by atoms with E-state index in [0.717, 1.165) is 0 Å². The summed E-state index contributed by atoms with van der Waals surface area (Å²) in [5.41, 5.74) is 5.72. The van der Waals surface area contributed by atoms with Gasteiger partial charge < -0.3 is 11.1 Å². The van der Waals surface area contributed by atoms with E-state index in [1.54, 1.807) is 17.5 Å². The summed E-state index contributed by atoms with van der Waals surface area (Å²) in [5, 5.41) is 13.9. The first kappa shape index (κ1) is 20.9. The summed E-state index contributed by atoms with van der Waals surface area (Å²) >= 11 is 1.20. The Bertz CT molecular complexity index is 1070. The van der Waals surface area contributed by atoms with Crippen LogP contribution >= 0.6 is 11.3 Å². The summed E-state index contributed by atoms with van der Waals surface area (Å²) in [6.07, 6.45) is 0.728. The smallest absolute Gasteiger partial charge is 0.244 e. The molecule has 1 aromatic heterocycles. The van der Waals surface area contributed by atoms with Gasteiger partial charge in [-0.15, -0.1) is 11.3 Å². The number of benzene rings is 1. The number of hydrogen-bond acceptors (Lipinski definition) is 7. The Kier molecular flexibility index (Phi) is 6.26. The number of anilines is 1. The third-order valence-corrected chi connectivity index (χ3v) is 7.35. The zero-order valence-corrected chi connectivity index (χ0v) is 17.0. The lowest BCUT2D eigenvalue weighted by atomic mass is 9.97. The molecule has 3 rings (SSSR count). The van der Waals surface area contributed by atoms with Crippen molar-refractivity contribution in [3.63, 3.8) is 0 Å². The number of rotatable bonds is 6. The monoisotopic (exact) mass is 433 g/mol. The number of nitrogens with zero attached hydrogens (tertiary/aromatic N) is 3. The number of thiazole rings is 1. The van der Waals surface area contributed by atoms with Gasteiger partial charge in [0, 0.05) is 24.4 Å². The van der Waals surface area contributed by atoms with Gasteiger partial charge in [-0.2, -0.15) is 9.57 Å². The molecule has 0 saturated carbocycles. The highest BCUT2D eigenvalue weighted by molar-refractivity contribution is 7.89. The van der Waals surface area contributed by atoms with Crippen molar-refractivity contribution < 1.29 is 18.0 Å². The molecule has 11 heteroatoms. The Hall–Kier alpha value is -2.81. The van der Waals surface area contributed by atoms with Crippen LogP contribution in [0.4, 0.5) is 5.13 Å². The molecule has 1 aliphatic rings. The molecular formula is C18H19N5O4S2. The van der Waals surface area contributed by atoms with Crippen molar-refractivity contribution in [2.75, 3.05) is 18.4 Å². The average molecular weight is 434 g/mol. The first-order valence-electron chi connectivity index (χ1n) is 8.84. The van der Waals surface area contributed by atoms with Gasteiger partial charge in [-0.1, -0.05) is 12.1 Å². The van der Waals surface area contributed by atoms with Crippen molar-refractivity contribution in [1.82, 2.24) is 9.29 Å². The minimum Gasteiger partial charge on any atom is -0.369 e. The minimum absolute atomic E-state index is 0.00674. The van der Waals surface area contributed by atoms with E-state index >= 15 is 0 Å². The van der Waals surface area contributed by atoms with E-state index in [9.17, 15) is 18.0 Å².